The van der Waals surface area contributed by atoms with E-state index in [0.717, 1.165) is 90.6 Å². The third-order valence-electron chi connectivity index (χ3n) is 12.3. The average molecular weight is 620 g/mol. The standard InChI is InChI=1S/C34H62FN7O2/c1-23-30(31(36)40-29(8-7-26(35)21-38-23)34(2)14-5-4-6-15-34)32(43)39-28-22-37-16-9-27(28)24-12-19-42(20-13-24)33(44)25-10-17-41(3)18-11-25/h23-31,37-38,40H,4-22,36H2,1-3H3,(H,39,43). The Bertz CT molecular complexity index is 933. The van der Waals surface area contributed by atoms with Crippen molar-refractivity contribution in [3.8, 4) is 0 Å². The molecule has 5 rings (SSSR count). The van der Waals surface area contributed by atoms with Gasteiger partial charge < -0.3 is 31.5 Å². The second-order valence-corrected chi connectivity index (χ2v) is 15.4. The Balaban J connectivity index is 1.21. The fourth-order valence-corrected chi connectivity index (χ4v) is 9.21. The fourth-order valence-electron chi connectivity index (χ4n) is 9.21. The first kappa shape index (κ1) is 34.0. The van der Waals surface area contributed by atoms with Crippen molar-refractivity contribution in [2.24, 2.45) is 34.8 Å². The normalized spacial score (nSPS) is 37.3. The number of carbonyl (C=O) groups is 2. The smallest absolute Gasteiger partial charge is 0.227 e. The van der Waals surface area contributed by atoms with Crippen molar-refractivity contribution < 1.29 is 14.0 Å². The largest absolute Gasteiger partial charge is 0.351 e. The van der Waals surface area contributed by atoms with Gasteiger partial charge >= 0.3 is 0 Å². The number of hydrogen-bond donors (Lipinski definition) is 5. The molecule has 5 aliphatic rings. The van der Waals surface area contributed by atoms with Gasteiger partial charge in [-0.15, -0.1) is 0 Å². The van der Waals surface area contributed by atoms with E-state index in [-0.39, 0.29) is 41.9 Å². The molecule has 0 aromatic heterocycles. The molecule has 0 bridgehead atoms. The lowest BCUT2D eigenvalue weighted by atomic mass is 9.69. The molecule has 0 radical (unpaired) electrons. The van der Waals surface area contributed by atoms with Gasteiger partial charge in [0, 0.05) is 50.2 Å². The molecule has 4 saturated heterocycles. The van der Waals surface area contributed by atoms with Gasteiger partial charge in [0.2, 0.25) is 11.8 Å². The van der Waals surface area contributed by atoms with Crippen LogP contribution < -0.4 is 27.0 Å². The number of nitrogens with one attached hydrogen (secondary N) is 4. The van der Waals surface area contributed by atoms with Gasteiger partial charge in [-0.25, -0.2) is 4.39 Å². The van der Waals surface area contributed by atoms with Crippen LogP contribution in [-0.2, 0) is 9.59 Å². The summed E-state index contributed by atoms with van der Waals surface area (Å²) in [5.41, 5.74) is 6.96. The summed E-state index contributed by atoms with van der Waals surface area (Å²) in [4.78, 5) is 31.8. The number of hydrogen-bond acceptors (Lipinski definition) is 7. The van der Waals surface area contributed by atoms with E-state index in [0.29, 0.717) is 24.2 Å². The van der Waals surface area contributed by atoms with Gasteiger partial charge in [0.05, 0.1) is 12.1 Å². The maximum absolute atomic E-state index is 15.0. The lowest BCUT2D eigenvalue weighted by Gasteiger charge is -2.45. The summed E-state index contributed by atoms with van der Waals surface area (Å²) in [5, 5.41) is 14.0. The quantitative estimate of drug-likeness (QED) is 0.322. The predicted molar refractivity (Wildman–Crippen MR) is 174 cm³/mol. The zero-order valence-electron chi connectivity index (χ0n) is 27.8. The highest BCUT2D eigenvalue weighted by atomic mass is 19.1. The van der Waals surface area contributed by atoms with Gasteiger partial charge in [0.15, 0.2) is 0 Å². The van der Waals surface area contributed by atoms with Crippen molar-refractivity contribution in [3.05, 3.63) is 0 Å². The van der Waals surface area contributed by atoms with Crippen LogP contribution in [0.2, 0.25) is 0 Å². The van der Waals surface area contributed by atoms with Gasteiger partial charge in [-0.3, -0.25) is 14.9 Å². The molecule has 7 atom stereocenters. The third kappa shape index (κ3) is 8.33. The molecule has 2 amide bonds. The Morgan fingerprint density at radius 1 is 0.932 bits per heavy atom. The predicted octanol–water partition coefficient (Wildman–Crippen LogP) is 2.60. The summed E-state index contributed by atoms with van der Waals surface area (Å²) >= 11 is 0. The van der Waals surface area contributed by atoms with Gasteiger partial charge in [-0.2, -0.15) is 0 Å². The number of alkyl halides is 1. The Morgan fingerprint density at radius 2 is 1.64 bits per heavy atom. The Morgan fingerprint density at radius 3 is 2.34 bits per heavy atom. The monoisotopic (exact) mass is 619 g/mol. The Kier molecular flexibility index (Phi) is 12.0. The molecule has 1 saturated carbocycles. The molecular formula is C34H62FN7O2. The Labute approximate surface area is 265 Å². The first-order valence-corrected chi connectivity index (χ1v) is 18.0. The summed E-state index contributed by atoms with van der Waals surface area (Å²) in [6.07, 6.45) is 10.7. The van der Waals surface area contributed by atoms with Crippen LogP contribution in [0.4, 0.5) is 4.39 Å². The van der Waals surface area contributed by atoms with Gasteiger partial charge in [-0.05, 0) is 109 Å². The fraction of sp³-hybridized carbons (Fsp3) is 0.941. The SMILES string of the molecule is CC1NCC(F)CCC(C2(C)CCCCC2)NC(N)C1C(=O)NC1CNCCC1C1CCN(C(=O)C2CCN(C)CC2)CC1. The van der Waals surface area contributed by atoms with Crippen LogP contribution in [-0.4, -0.2) is 105 Å². The second kappa shape index (κ2) is 15.5. The first-order valence-electron chi connectivity index (χ1n) is 18.0. The number of amides is 2. The number of carbonyl (C=O) groups excluding carboxylic acids is 2. The lowest BCUT2D eigenvalue weighted by Crippen LogP contribution is -2.64. The van der Waals surface area contributed by atoms with E-state index >= 15 is 0 Å². The summed E-state index contributed by atoms with van der Waals surface area (Å²) in [7, 11) is 2.13. The molecule has 4 heterocycles. The molecule has 0 aromatic carbocycles. The summed E-state index contributed by atoms with van der Waals surface area (Å²) in [6.45, 7) is 9.92. The zero-order chi connectivity index (χ0) is 31.3. The van der Waals surface area contributed by atoms with E-state index in [9.17, 15) is 14.0 Å². The lowest BCUT2D eigenvalue weighted by molar-refractivity contribution is -0.138. The third-order valence-corrected chi connectivity index (χ3v) is 12.3. The molecule has 0 aromatic rings. The molecule has 9 nitrogen and oxygen atoms in total. The molecule has 6 N–H and O–H groups in total. The highest BCUT2D eigenvalue weighted by molar-refractivity contribution is 5.80. The number of nitrogens with two attached hydrogens (primary N) is 1. The maximum atomic E-state index is 15.0. The van der Waals surface area contributed by atoms with Crippen LogP contribution in [0.15, 0.2) is 0 Å². The van der Waals surface area contributed by atoms with Crippen molar-refractivity contribution in [3.63, 3.8) is 0 Å². The first-order chi connectivity index (χ1) is 21.1. The van der Waals surface area contributed by atoms with Crippen molar-refractivity contribution in [1.29, 1.82) is 0 Å². The highest BCUT2D eigenvalue weighted by Gasteiger charge is 2.42. The highest BCUT2D eigenvalue weighted by Crippen LogP contribution is 2.41. The van der Waals surface area contributed by atoms with Crippen molar-refractivity contribution in [2.75, 3.05) is 52.9 Å². The van der Waals surface area contributed by atoms with Crippen LogP contribution in [0.5, 0.6) is 0 Å². The van der Waals surface area contributed by atoms with Gasteiger partial charge in [0.1, 0.15) is 6.17 Å². The van der Waals surface area contributed by atoms with Crippen molar-refractivity contribution >= 4 is 11.8 Å². The minimum atomic E-state index is -0.934. The molecule has 4 aliphatic heterocycles. The number of nitrogens with zero attached hydrogens (tertiary/aromatic N) is 2. The molecule has 0 spiro atoms. The zero-order valence-corrected chi connectivity index (χ0v) is 27.8. The topological polar surface area (TPSA) is 115 Å². The minimum absolute atomic E-state index is 0.0211. The molecular weight excluding hydrogens is 557 g/mol. The van der Waals surface area contributed by atoms with Gasteiger partial charge in [0.25, 0.3) is 0 Å². The maximum Gasteiger partial charge on any atom is 0.227 e. The van der Waals surface area contributed by atoms with E-state index in [4.69, 9.17) is 5.73 Å². The van der Waals surface area contributed by atoms with E-state index in [1.54, 1.807) is 0 Å². The molecule has 44 heavy (non-hydrogen) atoms. The summed E-state index contributed by atoms with van der Waals surface area (Å²) in [6, 6.07) is -0.131. The van der Waals surface area contributed by atoms with E-state index in [2.05, 4.69) is 45.0 Å². The van der Waals surface area contributed by atoms with Crippen LogP contribution >= 0.6 is 0 Å². The van der Waals surface area contributed by atoms with Crippen molar-refractivity contribution in [1.82, 2.24) is 31.1 Å². The van der Waals surface area contributed by atoms with E-state index < -0.39 is 18.3 Å². The number of likely N-dealkylation sites (tertiary alicyclic amines) is 2. The summed E-state index contributed by atoms with van der Waals surface area (Å²) < 4.78 is 15.0. The van der Waals surface area contributed by atoms with Crippen LogP contribution in [0, 0.1) is 29.1 Å². The van der Waals surface area contributed by atoms with E-state index in [1.165, 1.54) is 19.3 Å². The summed E-state index contributed by atoms with van der Waals surface area (Å²) in [5.74, 6) is 0.831. The average Bonchev–Trinajstić information content (AvgIpc) is 3.02. The molecule has 5 fully saturated rings. The molecule has 7 unspecified atom stereocenters. The van der Waals surface area contributed by atoms with Crippen molar-refractivity contribution in [2.45, 2.75) is 121 Å². The van der Waals surface area contributed by atoms with E-state index in [1.807, 2.05) is 6.92 Å². The number of halogens is 1. The Hall–Kier alpha value is -1.33. The second-order valence-electron chi connectivity index (χ2n) is 15.4. The number of piperidine rings is 3. The molecule has 1 aliphatic carbocycles. The van der Waals surface area contributed by atoms with Crippen LogP contribution in [0.1, 0.15) is 90.9 Å². The minimum Gasteiger partial charge on any atom is -0.351 e. The molecule has 252 valence electrons. The van der Waals surface area contributed by atoms with Gasteiger partial charge in [-0.1, -0.05) is 26.2 Å². The number of rotatable bonds is 5. The molecule has 10 heteroatoms. The van der Waals surface area contributed by atoms with Crippen LogP contribution in [0.3, 0.4) is 0 Å². The van der Waals surface area contributed by atoms with Crippen LogP contribution in [0.25, 0.3) is 0 Å².